The monoisotopic (exact) mass is 324 g/mol. The second-order valence-electron chi connectivity index (χ2n) is 5.75. The van der Waals surface area contributed by atoms with Gasteiger partial charge in [0.2, 0.25) is 0 Å². The van der Waals surface area contributed by atoms with Gasteiger partial charge in [-0.25, -0.2) is 0 Å². The number of rotatable bonds is 2. The van der Waals surface area contributed by atoms with Crippen LogP contribution in [-0.2, 0) is 0 Å². The molecule has 0 spiro atoms. The molecule has 0 saturated carbocycles. The van der Waals surface area contributed by atoms with Gasteiger partial charge in [0.25, 0.3) is 5.91 Å². The molecular weight excluding hydrogens is 312 g/mol. The van der Waals surface area contributed by atoms with Crippen molar-refractivity contribution in [1.82, 2.24) is 0 Å². The van der Waals surface area contributed by atoms with Crippen molar-refractivity contribution < 1.29 is 9.59 Å². The number of nitrogens with zero attached hydrogens (tertiary/aromatic N) is 1. The average molecular weight is 324 g/mol. The van der Waals surface area contributed by atoms with Crippen molar-refractivity contribution in [2.24, 2.45) is 0 Å². The summed E-state index contributed by atoms with van der Waals surface area (Å²) in [4.78, 5) is 25.5. The van der Waals surface area contributed by atoms with Gasteiger partial charge in [0.15, 0.2) is 5.78 Å². The number of carbonyl (C=O) groups is 2. The number of fused-ring (bicyclic) bond motifs is 3. The molecule has 0 atom stereocenters. The zero-order valence-electron chi connectivity index (χ0n) is 13.1. The number of amides is 1. The molecule has 1 aliphatic rings. The molecule has 0 aliphatic heterocycles. The van der Waals surface area contributed by atoms with Crippen molar-refractivity contribution in [3.8, 4) is 17.2 Å². The third-order valence-corrected chi connectivity index (χ3v) is 4.25. The molecule has 118 valence electrons. The average Bonchev–Trinajstić information content (AvgIpc) is 2.95. The zero-order chi connectivity index (χ0) is 17.4. The number of carbonyl (C=O) groups excluding carboxylic acids is 2. The summed E-state index contributed by atoms with van der Waals surface area (Å²) in [5.74, 6) is -0.504. The number of nitrogens with one attached hydrogen (secondary N) is 1. The lowest BCUT2D eigenvalue weighted by molar-refractivity contribution is 0.0999. The molecule has 3 aromatic carbocycles. The number of ketones is 1. The van der Waals surface area contributed by atoms with Crippen molar-refractivity contribution in [2.45, 2.75) is 0 Å². The lowest BCUT2D eigenvalue weighted by Gasteiger charge is -2.09. The maximum absolute atomic E-state index is 12.7. The molecule has 0 bridgehead atoms. The fourth-order valence-corrected chi connectivity index (χ4v) is 3.13. The van der Waals surface area contributed by atoms with E-state index in [-0.39, 0.29) is 11.7 Å². The number of benzene rings is 3. The topological polar surface area (TPSA) is 70.0 Å². The van der Waals surface area contributed by atoms with Crippen LogP contribution in [0.2, 0.25) is 0 Å². The van der Waals surface area contributed by atoms with Gasteiger partial charge in [-0.05, 0) is 35.4 Å². The Morgan fingerprint density at radius 2 is 1.60 bits per heavy atom. The first kappa shape index (κ1) is 14.9. The number of nitriles is 1. The van der Waals surface area contributed by atoms with Crippen LogP contribution in [0.25, 0.3) is 11.1 Å². The van der Waals surface area contributed by atoms with Crippen LogP contribution in [0.4, 0.5) is 5.69 Å². The molecule has 1 amide bonds. The highest BCUT2D eigenvalue weighted by molar-refractivity contribution is 6.26. The van der Waals surface area contributed by atoms with Gasteiger partial charge in [0, 0.05) is 16.8 Å². The van der Waals surface area contributed by atoms with E-state index in [0.29, 0.717) is 27.9 Å². The Kier molecular flexibility index (Phi) is 3.41. The maximum atomic E-state index is 12.7. The number of hydrogen-bond donors (Lipinski definition) is 1. The Hall–Kier alpha value is -3.71. The highest BCUT2D eigenvalue weighted by Gasteiger charge is 2.30. The molecule has 3 aromatic rings. The normalized spacial score (nSPS) is 11.4. The minimum absolute atomic E-state index is 0.137. The van der Waals surface area contributed by atoms with Gasteiger partial charge in [-0.2, -0.15) is 5.26 Å². The van der Waals surface area contributed by atoms with Gasteiger partial charge in [0.05, 0.1) is 17.2 Å². The highest BCUT2D eigenvalue weighted by atomic mass is 16.2. The predicted molar refractivity (Wildman–Crippen MR) is 94.4 cm³/mol. The minimum atomic E-state index is -0.368. The van der Waals surface area contributed by atoms with E-state index >= 15 is 0 Å². The summed E-state index contributed by atoms with van der Waals surface area (Å²) in [6, 6.07) is 21.3. The summed E-state index contributed by atoms with van der Waals surface area (Å²) >= 11 is 0. The van der Waals surface area contributed by atoms with Gasteiger partial charge in [0.1, 0.15) is 0 Å². The van der Waals surface area contributed by atoms with Crippen LogP contribution in [0.5, 0.6) is 0 Å². The smallest absolute Gasteiger partial charge is 0.256 e. The van der Waals surface area contributed by atoms with Crippen LogP contribution >= 0.6 is 0 Å². The summed E-state index contributed by atoms with van der Waals surface area (Å²) in [5.41, 5.74) is 3.98. The molecule has 0 saturated heterocycles. The first-order chi connectivity index (χ1) is 12.2. The third-order valence-electron chi connectivity index (χ3n) is 4.25. The molecular formula is C21H12N2O2. The van der Waals surface area contributed by atoms with Crippen molar-refractivity contribution in [2.75, 3.05) is 5.32 Å². The fourth-order valence-electron chi connectivity index (χ4n) is 3.13. The molecule has 0 heterocycles. The predicted octanol–water partition coefficient (Wildman–Crippen LogP) is 4.02. The lowest BCUT2D eigenvalue weighted by Crippen LogP contribution is -2.16. The SMILES string of the molecule is N#Cc1cccc(NC(=O)c2cccc3c2C(=O)c2ccccc2-3)c1. The standard InChI is InChI=1S/C21H12N2O2/c22-12-13-5-3-6-14(11-13)23-21(25)18-10-4-9-16-15-7-1-2-8-17(15)20(24)19(16)18/h1-11H,(H,23,25). The first-order valence-electron chi connectivity index (χ1n) is 7.77. The Bertz CT molecular complexity index is 1080. The Balaban J connectivity index is 1.75. The lowest BCUT2D eigenvalue weighted by atomic mass is 10.00. The first-order valence-corrected chi connectivity index (χ1v) is 7.77. The second kappa shape index (κ2) is 5.73. The molecule has 0 fully saturated rings. The summed E-state index contributed by atoms with van der Waals surface area (Å²) < 4.78 is 0. The van der Waals surface area contributed by atoms with E-state index in [1.54, 1.807) is 42.5 Å². The molecule has 1 N–H and O–H groups in total. The van der Waals surface area contributed by atoms with Crippen LogP contribution in [0, 0.1) is 11.3 Å². The highest BCUT2D eigenvalue weighted by Crippen LogP contribution is 2.38. The molecule has 0 aromatic heterocycles. The van der Waals surface area contributed by atoms with E-state index in [4.69, 9.17) is 5.26 Å². The third kappa shape index (κ3) is 2.39. The van der Waals surface area contributed by atoms with E-state index < -0.39 is 0 Å². The summed E-state index contributed by atoms with van der Waals surface area (Å²) in [5, 5.41) is 11.7. The summed E-state index contributed by atoms with van der Waals surface area (Å²) in [6.07, 6.45) is 0. The van der Waals surface area contributed by atoms with Crippen molar-refractivity contribution in [3.63, 3.8) is 0 Å². The Morgan fingerprint density at radius 1 is 0.880 bits per heavy atom. The van der Waals surface area contributed by atoms with E-state index in [0.717, 1.165) is 11.1 Å². The molecule has 0 unspecified atom stereocenters. The van der Waals surface area contributed by atoms with Crippen LogP contribution < -0.4 is 5.32 Å². The van der Waals surface area contributed by atoms with Crippen LogP contribution in [0.3, 0.4) is 0 Å². The van der Waals surface area contributed by atoms with Crippen LogP contribution in [0.15, 0.2) is 66.7 Å². The van der Waals surface area contributed by atoms with Gasteiger partial charge in [-0.15, -0.1) is 0 Å². The molecule has 4 nitrogen and oxygen atoms in total. The Labute approximate surface area is 144 Å². The van der Waals surface area contributed by atoms with Gasteiger partial charge < -0.3 is 5.32 Å². The van der Waals surface area contributed by atoms with Crippen LogP contribution in [-0.4, -0.2) is 11.7 Å². The number of hydrogen-bond acceptors (Lipinski definition) is 3. The van der Waals surface area contributed by atoms with E-state index in [9.17, 15) is 9.59 Å². The fraction of sp³-hybridized carbons (Fsp3) is 0. The van der Waals surface area contributed by atoms with Gasteiger partial charge >= 0.3 is 0 Å². The molecule has 1 aliphatic carbocycles. The Morgan fingerprint density at radius 3 is 2.40 bits per heavy atom. The second-order valence-corrected chi connectivity index (χ2v) is 5.75. The molecule has 4 rings (SSSR count). The molecule has 25 heavy (non-hydrogen) atoms. The van der Waals surface area contributed by atoms with Crippen LogP contribution in [0.1, 0.15) is 31.8 Å². The summed E-state index contributed by atoms with van der Waals surface area (Å²) in [7, 11) is 0. The van der Waals surface area contributed by atoms with Crippen molar-refractivity contribution >= 4 is 17.4 Å². The largest absolute Gasteiger partial charge is 0.322 e. The number of anilines is 1. The van der Waals surface area contributed by atoms with E-state index in [1.165, 1.54) is 0 Å². The zero-order valence-corrected chi connectivity index (χ0v) is 13.1. The van der Waals surface area contributed by atoms with E-state index in [2.05, 4.69) is 5.32 Å². The van der Waals surface area contributed by atoms with E-state index in [1.807, 2.05) is 30.3 Å². The minimum Gasteiger partial charge on any atom is -0.322 e. The maximum Gasteiger partial charge on any atom is 0.256 e. The van der Waals surface area contributed by atoms with Gasteiger partial charge in [-0.1, -0.05) is 42.5 Å². The quantitative estimate of drug-likeness (QED) is 0.605. The summed E-state index contributed by atoms with van der Waals surface area (Å²) in [6.45, 7) is 0. The van der Waals surface area contributed by atoms with Crippen molar-refractivity contribution in [3.05, 3.63) is 89.0 Å². The molecule has 0 radical (unpaired) electrons. The molecule has 4 heteroatoms. The van der Waals surface area contributed by atoms with Gasteiger partial charge in [-0.3, -0.25) is 9.59 Å². The van der Waals surface area contributed by atoms with Crippen molar-refractivity contribution in [1.29, 1.82) is 5.26 Å².